The molecule has 0 spiro atoms. The third kappa shape index (κ3) is 2.31. The highest BCUT2D eigenvalue weighted by Crippen LogP contribution is 2.60. The summed E-state index contributed by atoms with van der Waals surface area (Å²) in [6, 6.07) is 0. The average Bonchev–Trinajstić information content (AvgIpc) is 3.41. The maximum absolute atomic E-state index is 12.1. The van der Waals surface area contributed by atoms with Crippen molar-refractivity contribution in [3.63, 3.8) is 0 Å². The number of hydrogen-bond acceptors (Lipinski definition) is 7. The molecular weight excluding hydrogens is 368 g/mol. The maximum atomic E-state index is 12.1. The van der Waals surface area contributed by atoms with E-state index in [2.05, 4.69) is 0 Å². The van der Waals surface area contributed by atoms with Crippen LogP contribution in [0.5, 0.6) is 0 Å². The zero-order valence-electron chi connectivity index (χ0n) is 13.9. The van der Waals surface area contributed by atoms with Crippen LogP contribution in [0, 0.1) is 22.7 Å². The number of carbonyl (C=O) groups is 4. The third-order valence-electron chi connectivity index (χ3n) is 6.41. The van der Waals surface area contributed by atoms with Gasteiger partial charge in [0.1, 0.15) is 12.2 Å². The highest BCUT2D eigenvalue weighted by molar-refractivity contribution is 6.02. The van der Waals surface area contributed by atoms with E-state index in [1.165, 1.54) is 0 Å². The number of hydrogen-bond donors (Lipinski definition) is 4. The highest BCUT2D eigenvalue weighted by Gasteiger charge is 2.75. The molecule has 148 valence electrons. The van der Waals surface area contributed by atoms with Crippen LogP contribution in [0.3, 0.4) is 0 Å². The molecule has 6 unspecified atom stereocenters. The molecule has 3 heterocycles. The fourth-order valence-corrected chi connectivity index (χ4v) is 4.90. The quantitative estimate of drug-likeness (QED) is 0.292. The fourth-order valence-electron chi connectivity index (χ4n) is 4.90. The van der Waals surface area contributed by atoms with Crippen LogP contribution < -0.4 is 0 Å². The van der Waals surface area contributed by atoms with Crippen molar-refractivity contribution in [3.05, 3.63) is 0 Å². The summed E-state index contributed by atoms with van der Waals surface area (Å²) in [4.78, 5) is 48.5. The van der Waals surface area contributed by atoms with Gasteiger partial charge in [-0.1, -0.05) is 0 Å². The summed E-state index contributed by atoms with van der Waals surface area (Å²) in [7, 11) is 0. The maximum Gasteiger partial charge on any atom is 0.324 e. The smallest absolute Gasteiger partial charge is 0.324 e. The summed E-state index contributed by atoms with van der Waals surface area (Å²) in [5, 5.41) is 39.4. The molecule has 0 bridgehead atoms. The number of ether oxygens (including phenoxy) is 3. The lowest BCUT2D eigenvalue weighted by Crippen LogP contribution is -2.61. The van der Waals surface area contributed by atoms with Crippen molar-refractivity contribution in [1.82, 2.24) is 0 Å². The Hall–Kier alpha value is -2.24. The summed E-state index contributed by atoms with van der Waals surface area (Å²) >= 11 is 0. The second kappa shape index (κ2) is 5.63. The van der Waals surface area contributed by atoms with E-state index >= 15 is 0 Å². The molecule has 0 radical (unpaired) electrons. The molecule has 0 aromatic heterocycles. The molecule has 4 rings (SSSR count). The second-order valence-electron chi connectivity index (χ2n) is 7.50. The number of carboxylic acid groups (broad SMARTS) is 4. The van der Waals surface area contributed by atoms with E-state index < -0.39 is 71.0 Å². The summed E-state index contributed by atoms with van der Waals surface area (Å²) in [5.74, 6) is -9.30. The Balaban J connectivity index is 1.87. The largest absolute Gasteiger partial charge is 0.480 e. The first-order valence-electron chi connectivity index (χ1n) is 8.50. The zero-order valence-corrected chi connectivity index (χ0v) is 13.9. The van der Waals surface area contributed by atoms with E-state index in [0.29, 0.717) is 0 Å². The minimum atomic E-state index is -2.45. The van der Waals surface area contributed by atoms with Crippen molar-refractivity contribution >= 4 is 23.9 Å². The molecule has 1 saturated carbocycles. The van der Waals surface area contributed by atoms with Crippen molar-refractivity contribution in [3.8, 4) is 0 Å². The van der Waals surface area contributed by atoms with Gasteiger partial charge in [0.25, 0.3) is 0 Å². The standard InChI is InChI=1S/C16H18O11/c17-11(18)15(12(19)20,9-3-25-9)5-1-7-8(27-7)2-6(5)16(13(21)22,14(23)24)10-4-26-10/h5-10H,1-4H2,(H,17,18)(H,19,20)(H,21,22)(H,23,24). The van der Waals surface area contributed by atoms with Crippen LogP contribution in [0.1, 0.15) is 12.8 Å². The highest BCUT2D eigenvalue weighted by atomic mass is 16.6. The Kier molecular flexibility index (Phi) is 3.78. The SMILES string of the molecule is O=C(O)C(C(=O)O)(C1CO1)C1CC2OC2CC1C(C(=O)O)(C(=O)O)C1CO1. The van der Waals surface area contributed by atoms with Crippen LogP contribution in [0.25, 0.3) is 0 Å². The summed E-state index contributed by atoms with van der Waals surface area (Å²) < 4.78 is 15.5. The van der Waals surface area contributed by atoms with Crippen LogP contribution >= 0.6 is 0 Å². The fraction of sp³-hybridized carbons (Fsp3) is 0.750. The number of epoxide rings is 3. The molecule has 11 heteroatoms. The predicted octanol–water partition coefficient (Wildman–Crippen LogP) is -1.11. The van der Waals surface area contributed by atoms with Gasteiger partial charge in [-0.25, -0.2) is 0 Å². The molecule has 4 N–H and O–H groups in total. The van der Waals surface area contributed by atoms with Crippen LogP contribution in [-0.4, -0.2) is 81.9 Å². The topological polar surface area (TPSA) is 187 Å². The molecule has 1 aliphatic carbocycles. The average molecular weight is 386 g/mol. The van der Waals surface area contributed by atoms with Gasteiger partial charge in [0.05, 0.1) is 25.4 Å². The number of fused-ring (bicyclic) bond motifs is 1. The first-order valence-corrected chi connectivity index (χ1v) is 8.50. The lowest BCUT2D eigenvalue weighted by Gasteiger charge is -2.44. The van der Waals surface area contributed by atoms with Crippen LogP contribution in [0.2, 0.25) is 0 Å². The predicted molar refractivity (Wildman–Crippen MR) is 79.8 cm³/mol. The van der Waals surface area contributed by atoms with Crippen molar-refractivity contribution in [2.45, 2.75) is 37.3 Å². The Bertz CT molecular complexity index is 634. The van der Waals surface area contributed by atoms with E-state index in [0.717, 1.165) is 0 Å². The zero-order chi connectivity index (χ0) is 19.7. The minimum absolute atomic E-state index is 0.0666. The molecule has 27 heavy (non-hydrogen) atoms. The van der Waals surface area contributed by atoms with E-state index in [1.807, 2.05) is 0 Å². The minimum Gasteiger partial charge on any atom is -0.480 e. The molecule has 0 aromatic carbocycles. The Morgan fingerprint density at radius 1 is 0.667 bits per heavy atom. The van der Waals surface area contributed by atoms with Gasteiger partial charge in [-0.2, -0.15) is 0 Å². The van der Waals surface area contributed by atoms with E-state index in [-0.39, 0.29) is 26.1 Å². The van der Waals surface area contributed by atoms with Crippen molar-refractivity contribution in [1.29, 1.82) is 0 Å². The van der Waals surface area contributed by atoms with Gasteiger partial charge < -0.3 is 34.6 Å². The number of carboxylic acids is 4. The Morgan fingerprint density at radius 2 is 0.963 bits per heavy atom. The van der Waals surface area contributed by atoms with Gasteiger partial charge >= 0.3 is 23.9 Å². The first kappa shape index (κ1) is 18.1. The monoisotopic (exact) mass is 386 g/mol. The van der Waals surface area contributed by atoms with E-state index in [9.17, 15) is 39.6 Å². The van der Waals surface area contributed by atoms with E-state index in [1.54, 1.807) is 0 Å². The number of rotatable bonds is 8. The van der Waals surface area contributed by atoms with Gasteiger partial charge in [0, 0.05) is 0 Å². The Labute approximate surface area is 151 Å². The molecule has 0 amide bonds. The molecule has 4 fully saturated rings. The molecule has 11 nitrogen and oxygen atoms in total. The molecule has 6 atom stereocenters. The van der Waals surface area contributed by atoms with Crippen LogP contribution in [0.15, 0.2) is 0 Å². The van der Waals surface area contributed by atoms with Crippen molar-refractivity contribution in [2.24, 2.45) is 22.7 Å². The van der Waals surface area contributed by atoms with Gasteiger partial charge in [-0.15, -0.1) is 0 Å². The van der Waals surface area contributed by atoms with Gasteiger partial charge in [-0.3, -0.25) is 19.2 Å². The first-order chi connectivity index (χ1) is 12.7. The lowest BCUT2D eigenvalue weighted by atomic mass is 9.54. The molecule has 3 aliphatic heterocycles. The molecular formula is C16H18O11. The van der Waals surface area contributed by atoms with Gasteiger partial charge in [-0.05, 0) is 24.7 Å². The van der Waals surface area contributed by atoms with Gasteiger partial charge in [0.2, 0.25) is 0 Å². The lowest BCUT2D eigenvalue weighted by molar-refractivity contribution is -0.188. The summed E-state index contributed by atoms with van der Waals surface area (Å²) in [6.45, 7) is -0.215. The number of aliphatic carboxylic acids is 4. The molecule has 4 aliphatic rings. The molecule has 0 aromatic rings. The second-order valence-corrected chi connectivity index (χ2v) is 7.50. The van der Waals surface area contributed by atoms with Crippen molar-refractivity contribution in [2.75, 3.05) is 13.2 Å². The van der Waals surface area contributed by atoms with Crippen LogP contribution in [0.4, 0.5) is 0 Å². The molecule has 3 saturated heterocycles. The van der Waals surface area contributed by atoms with Gasteiger partial charge in [0.15, 0.2) is 10.8 Å². The normalized spacial score (nSPS) is 37.0. The van der Waals surface area contributed by atoms with E-state index in [4.69, 9.17) is 14.2 Å². The van der Waals surface area contributed by atoms with Crippen molar-refractivity contribution < 1.29 is 53.8 Å². The summed E-state index contributed by atoms with van der Waals surface area (Å²) in [6.07, 6.45) is -3.27. The summed E-state index contributed by atoms with van der Waals surface area (Å²) in [5.41, 5.74) is -4.90. The van der Waals surface area contributed by atoms with Crippen LogP contribution in [-0.2, 0) is 33.4 Å². The Morgan fingerprint density at radius 3 is 1.19 bits per heavy atom. The third-order valence-corrected chi connectivity index (χ3v) is 6.41.